The minimum Gasteiger partial charge on any atom is -0.434 e. The van der Waals surface area contributed by atoms with Crippen molar-refractivity contribution in [3.63, 3.8) is 0 Å². The third-order valence-corrected chi connectivity index (χ3v) is 2.17. The number of alkyl halides is 2. The van der Waals surface area contributed by atoms with Gasteiger partial charge >= 0.3 is 6.61 Å². The quantitative estimate of drug-likeness (QED) is 0.784. The number of carbonyl (C=O) groups excluding carboxylic acids is 1. The lowest BCUT2D eigenvalue weighted by Crippen LogP contribution is -2.03. The van der Waals surface area contributed by atoms with Gasteiger partial charge in [0.15, 0.2) is 5.78 Å². The van der Waals surface area contributed by atoms with E-state index in [1.165, 1.54) is 25.1 Å². The lowest BCUT2D eigenvalue weighted by Gasteiger charge is -2.07. The Labute approximate surface area is 88.0 Å². The molecule has 0 heterocycles. The molecule has 0 spiro atoms. The van der Waals surface area contributed by atoms with Crippen LogP contribution in [0.15, 0.2) is 22.7 Å². The number of rotatable bonds is 3. The third kappa shape index (κ3) is 2.77. The molecular weight excluding hydrogens is 258 g/mol. The summed E-state index contributed by atoms with van der Waals surface area (Å²) in [6.45, 7) is -1.47. The van der Waals surface area contributed by atoms with E-state index in [4.69, 9.17) is 0 Å². The molecule has 2 nitrogen and oxygen atoms in total. The molecule has 1 aromatic carbocycles. The molecule has 0 saturated carbocycles. The van der Waals surface area contributed by atoms with Crippen LogP contribution in [0.5, 0.6) is 5.75 Å². The number of ketones is 1. The number of carbonyl (C=O) groups is 1. The number of benzene rings is 1. The van der Waals surface area contributed by atoms with Gasteiger partial charge in [0.05, 0.1) is 4.47 Å². The summed E-state index contributed by atoms with van der Waals surface area (Å²) in [5, 5.41) is 0. The largest absolute Gasteiger partial charge is 0.434 e. The molecular formula is C9H7BrF2O2. The first-order valence-corrected chi connectivity index (χ1v) is 4.55. The Morgan fingerprint density at radius 3 is 2.57 bits per heavy atom. The van der Waals surface area contributed by atoms with Crippen LogP contribution in [-0.4, -0.2) is 12.4 Å². The SMILES string of the molecule is CC(=O)c1ccc(OC(F)F)c(Br)c1. The summed E-state index contributed by atoms with van der Waals surface area (Å²) in [7, 11) is 0. The van der Waals surface area contributed by atoms with Gasteiger partial charge in [-0.25, -0.2) is 0 Å². The van der Waals surface area contributed by atoms with E-state index in [0.29, 0.717) is 10.0 Å². The first-order chi connectivity index (χ1) is 6.50. The molecule has 14 heavy (non-hydrogen) atoms. The van der Waals surface area contributed by atoms with Crippen molar-refractivity contribution in [2.75, 3.05) is 0 Å². The highest BCUT2D eigenvalue weighted by Crippen LogP contribution is 2.27. The molecule has 0 aliphatic rings. The van der Waals surface area contributed by atoms with Gasteiger partial charge in [0, 0.05) is 5.56 Å². The highest BCUT2D eigenvalue weighted by Gasteiger charge is 2.09. The summed E-state index contributed by atoms with van der Waals surface area (Å²) in [4.78, 5) is 10.9. The summed E-state index contributed by atoms with van der Waals surface area (Å²) >= 11 is 3.03. The van der Waals surface area contributed by atoms with Crippen LogP contribution in [-0.2, 0) is 0 Å². The van der Waals surface area contributed by atoms with Crippen molar-refractivity contribution in [3.05, 3.63) is 28.2 Å². The Kier molecular flexibility index (Phi) is 3.57. The maximum absolute atomic E-state index is 11.8. The van der Waals surface area contributed by atoms with E-state index in [1.807, 2.05) is 0 Å². The van der Waals surface area contributed by atoms with Gasteiger partial charge in [-0.2, -0.15) is 8.78 Å². The van der Waals surface area contributed by atoms with Crippen molar-refractivity contribution >= 4 is 21.7 Å². The second-order valence-corrected chi connectivity index (χ2v) is 3.43. The average Bonchev–Trinajstić information content (AvgIpc) is 2.07. The number of halogens is 3. The van der Waals surface area contributed by atoms with Gasteiger partial charge in [0.2, 0.25) is 0 Å². The molecule has 0 amide bonds. The van der Waals surface area contributed by atoms with Gasteiger partial charge in [0.25, 0.3) is 0 Å². The molecule has 0 aromatic heterocycles. The van der Waals surface area contributed by atoms with Crippen LogP contribution in [0.1, 0.15) is 17.3 Å². The van der Waals surface area contributed by atoms with E-state index in [-0.39, 0.29) is 11.5 Å². The fourth-order valence-electron chi connectivity index (χ4n) is 0.911. The monoisotopic (exact) mass is 264 g/mol. The molecule has 1 aromatic rings. The number of hydrogen-bond donors (Lipinski definition) is 0. The molecule has 76 valence electrons. The maximum atomic E-state index is 11.8. The molecule has 5 heteroatoms. The predicted molar refractivity (Wildman–Crippen MR) is 50.8 cm³/mol. The van der Waals surface area contributed by atoms with Crippen molar-refractivity contribution in [2.45, 2.75) is 13.5 Å². The molecule has 0 aliphatic heterocycles. The average molecular weight is 265 g/mol. The second-order valence-electron chi connectivity index (χ2n) is 2.58. The minimum atomic E-state index is -2.87. The molecule has 0 saturated heterocycles. The lowest BCUT2D eigenvalue weighted by molar-refractivity contribution is -0.0503. The number of Topliss-reactive ketones (excluding diaryl/α,β-unsaturated/α-hetero) is 1. The van der Waals surface area contributed by atoms with Crippen molar-refractivity contribution < 1.29 is 18.3 Å². The van der Waals surface area contributed by atoms with E-state index in [2.05, 4.69) is 20.7 Å². The highest BCUT2D eigenvalue weighted by molar-refractivity contribution is 9.10. The second kappa shape index (κ2) is 4.50. The van der Waals surface area contributed by atoms with Crippen LogP contribution in [0.25, 0.3) is 0 Å². The Bertz CT molecular complexity index is 353. The first-order valence-electron chi connectivity index (χ1n) is 3.76. The molecule has 0 atom stereocenters. The molecule has 0 bridgehead atoms. The van der Waals surface area contributed by atoms with Crippen molar-refractivity contribution in [2.24, 2.45) is 0 Å². The first kappa shape index (κ1) is 11.1. The van der Waals surface area contributed by atoms with Gasteiger partial charge < -0.3 is 4.74 Å². The third-order valence-electron chi connectivity index (χ3n) is 1.55. The van der Waals surface area contributed by atoms with Crippen molar-refractivity contribution in [1.82, 2.24) is 0 Å². The van der Waals surface area contributed by atoms with Gasteiger partial charge in [-0.15, -0.1) is 0 Å². The Morgan fingerprint density at radius 2 is 2.14 bits per heavy atom. The molecule has 0 N–H and O–H groups in total. The summed E-state index contributed by atoms with van der Waals surface area (Å²) in [6, 6.07) is 4.21. The molecule has 0 aliphatic carbocycles. The van der Waals surface area contributed by atoms with E-state index in [9.17, 15) is 13.6 Å². The normalized spacial score (nSPS) is 10.4. The number of ether oxygens (including phenoxy) is 1. The molecule has 1 rings (SSSR count). The molecule has 0 radical (unpaired) electrons. The summed E-state index contributed by atoms with van der Waals surface area (Å²) < 4.78 is 28.2. The standard InChI is InChI=1S/C9H7BrF2O2/c1-5(13)6-2-3-8(7(10)4-6)14-9(11)12/h2-4,9H,1H3. The summed E-state index contributed by atoms with van der Waals surface area (Å²) in [6.07, 6.45) is 0. The predicted octanol–water partition coefficient (Wildman–Crippen LogP) is 3.25. The summed E-state index contributed by atoms with van der Waals surface area (Å²) in [5.41, 5.74) is 0.443. The Balaban J connectivity index is 2.95. The smallest absolute Gasteiger partial charge is 0.387 e. The van der Waals surface area contributed by atoms with E-state index in [1.54, 1.807) is 0 Å². The van der Waals surface area contributed by atoms with Crippen LogP contribution >= 0.6 is 15.9 Å². The molecule has 0 unspecified atom stereocenters. The van der Waals surface area contributed by atoms with Gasteiger partial charge in [-0.3, -0.25) is 4.79 Å². The van der Waals surface area contributed by atoms with E-state index in [0.717, 1.165) is 0 Å². The zero-order chi connectivity index (χ0) is 10.7. The topological polar surface area (TPSA) is 26.3 Å². The zero-order valence-electron chi connectivity index (χ0n) is 7.26. The maximum Gasteiger partial charge on any atom is 0.387 e. The lowest BCUT2D eigenvalue weighted by atomic mass is 10.1. The van der Waals surface area contributed by atoms with Crippen LogP contribution in [0.4, 0.5) is 8.78 Å². The van der Waals surface area contributed by atoms with Gasteiger partial charge in [-0.05, 0) is 41.1 Å². The van der Waals surface area contributed by atoms with Crippen LogP contribution in [0, 0.1) is 0 Å². The number of hydrogen-bond acceptors (Lipinski definition) is 2. The van der Waals surface area contributed by atoms with E-state index >= 15 is 0 Å². The van der Waals surface area contributed by atoms with E-state index < -0.39 is 6.61 Å². The minimum absolute atomic E-state index is 0.0185. The highest BCUT2D eigenvalue weighted by atomic mass is 79.9. The fraction of sp³-hybridized carbons (Fsp3) is 0.222. The van der Waals surface area contributed by atoms with Crippen LogP contribution in [0.2, 0.25) is 0 Å². The van der Waals surface area contributed by atoms with Crippen molar-refractivity contribution in [1.29, 1.82) is 0 Å². The van der Waals surface area contributed by atoms with Gasteiger partial charge in [-0.1, -0.05) is 0 Å². The van der Waals surface area contributed by atoms with Crippen LogP contribution in [0.3, 0.4) is 0 Å². The van der Waals surface area contributed by atoms with Crippen molar-refractivity contribution in [3.8, 4) is 5.75 Å². The molecule has 0 fully saturated rings. The Morgan fingerprint density at radius 1 is 1.50 bits per heavy atom. The van der Waals surface area contributed by atoms with Crippen LogP contribution < -0.4 is 4.74 Å². The van der Waals surface area contributed by atoms with Gasteiger partial charge in [0.1, 0.15) is 5.75 Å². The fourth-order valence-corrected chi connectivity index (χ4v) is 1.38. The Hall–Kier alpha value is -0.970. The zero-order valence-corrected chi connectivity index (χ0v) is 8.85. The summed E-state index contributed by atoms with van der Waals surface area (Å²) in [5.74, 6) is -0.112.